The number of imide groups is 1. The highest BCUT2D eigenvalue weighted by atomic mass is 16.2. The van der Waals surface area contributed by atoms with E-state index in [1.54, 1.807) is 0 Å². The SMILES string of the molecule is Cc1cccc(C)c1N1CCN(CCN2C(=O)c3ccccc3C(C)(C)C2=O)CC1. The summed E-state index contributed by atoms with van der Waals surface area (Å²) in [6.45, 7) is 13.1. The molecule has 2 aromatic rings. The lowest BCUT2D eigenvalue weighted by Gasteiger charge is -2.40. The first-order chi connectivity index (χ1) is 14.3. The van der Waals surface area contributed by atoms with E-state index in [9.17, 15) is 9.59 Å². The second-order valence-electron chi connectivity index (χ2n) is 9.00. The van der Waals surface area contributed by atoms with Gasteiger partial charge in [0.15, 0.2) is 0 Å². The van der Waals surface area contributed by atoms with Crippen LogP contribution in [0.25, 0.3) is 0 Å². The van der Waals surface area contributed by atoms with Crippen LogP contribution in [0.1, 0.15) is 40.9 Å². The number of hydrogen-bond donors (Lipinski definition) is 0. The van der Waals surface area contributed by atoms with Gasteiger partial charge in [0, 0.05) is 50.5 Å². The first kappa shape index (κ1) is 20.6. The number of amides is 2. The fourth-order valence-electron chi connectivity index (χ4n) is 4.85. The minimum Gasteiger partial charge on any atom is -0.369 e. The highest BCUT2D eigenvalue weighted by Gasteiger charge is 2.44. The van der Waals surface area contributed by atoms with Crippen LogP contribution in [-0.4, -0.2) is 60.9 Å². The zero-order valence-electron chi connectivity index (χ0n) is 18.4. The Hall–Kier alpha value is -2.66. The molecule has 1 fully saturated rings. The number of fused-ring (bicyclic) bond motifs is 1. The van der Waals surface area contributed by atoms with Gasteiger partial charge in [0.2, 0.25) is 5.91 Å². The van der Waals surface area contributed by atoms with Crippen molar-refractivity contribution in [3.8, 4) is 0 Å². The monoisotopic (exact) mass is 405 g/mol. The fourth-order valence-corrected chi connectivity index (χ4v) is 4.85. The van der Waals surface area contributed by atoms with E-state index in [0.29, 0.717) is 12.1 Å². The largest absolute Gasteiger partial charge is 0.369 e. The van der Waals surface area contributed by atoms with Crippen molar-refractivity contribution in [2.24, 2.45) is 0 Å². The standard InChI is InChI=1S/C25H31N3O2/c1-18-8-7-9-19(2)22(18)27-15-12-26(13-16-27)14-17-28-23(29)20-10-5-6-11-21(20)25(3,4)24(28)30/h5-11H,12-17H2,1-4H3. The van der Waals surface area contributed by atoms with Crippen LogP contribution in [0.5, 0.6) is 0 Å². The molecule has 2 aliphatic rings. The molecule has 4 rings (SSSR count). The predicted octanol–water partition coefficient (Wildman–Crippen LogP) is 3.39. The maximum Gasteiger partial charge on any atom is 0.260 e. The molecule has 0 bridgehead atoms. The Morgan fingerprint density at radius 1 is 0.833 bits per heavy atom. The molecule has 0 saturated carbocycles. The molecule has 0 radical (unpaired) electrons. The first-order valence-electron chi connectivity index (χ1n) is 10.8. The lowest BCUT2D eigenvalue weighted by molar-refractivity contribution is -0.134. The van der Waals surface area contributed by atoms with Crippen molar-refractivity contribution >= 4 is 17.5 Å². The number of rotatable bonds is 4. The normalized spacial score (nSPS) is 19.2. The van der Waals surface area contributed by atoms with Gasteiger partial charge in [-0.2, -0.15) is 0 Å². The third kappa shape index (κ3) is 3.52. The van der Waals surface area contributed by atoms with Crippen molar-refractivity contribution in [3.63, 3.8) is 0 Å². The first-order valence-corrected chi connectivity index (χ1v) is 10.8. The summed E-state index contributed by atoms with van der Waals surface area (Å²) >= 11 is 0. The summed E-state index contributed by atoms with van der Waals surface area (Å²) in [5.41, 5.74) is 4.78. The molecule has 2 aromatic carbocycles. The Balaban J connectivity index is 1.40. The van der Waals surface area contributed by atoms with Gasteiger partial charge in [-0.3, -0.25) is 19.4 Å². The molecule has 0 spiro atoms. The van der Waals surface area contributed by atoms with Gasteiger partial charge < -0.3 is 4.90 Å². The van der Waals surface area contributed by atoms with Gasteiger partial charge >= 0.3 is 0 Å². The summed E-state index contributed by atoms with van der Waals surface area (Å²) in [5, 5.41) is 0. The number of piperazine rings is 1. The number of carbonyl (C=O) groups excluding carboxylic acids is 2. The summed E-state index contributed by atoms with van der Waals surface area (Å²) in [6.07, 6.45) is 0. The summed E-state index contributed by atoms with van der Waals surface area (Å²) in [6, 6.07) is 13.9. The molecule has 0 unspecified atom stereocenters. The number of benzene rings is 2. The summed E-state index contributed by atoms with van der Waals surface area (Å²) in [4.78, 5) is 32.3. The van der Waals surface area contributed by atoms with E-state index in [1.807, 2.05) is 38.1 Å². The smallest absolute Gasteiger partial charge is 0.260 e. The molecule has 0 atom stereocenters. The van der Waals surface area contributed by atoms with E-state index in [4.69, 9.17) is 0 Å². The summed E-state index contributed by atoms with van der Waals surface area (Å²) in [5.74, 6) is -0.260. The molecular weight excluding hydrogens is 374 g/mol. The Morgan fingerprint density at radius 3 is 2.13 bits per heavy atom. The maximum atomic E-state index is 13.1. The number of hydrogen-bond acceptors (Lipinski definition) is 4. The number of nitrogens with zero attached hydrogens (tertiary/aromatic N) is 3. The van der Waals surface area contributed by atoms with E-state index in [-0.39, 0.29) is 11.8 Å². The van der Waals surface area contributed by atoms with E-state index in [0.717, 1.165) is 38.3 Å². The van der Waals surface area contributed by atoms with E-state index in [1.165, 1.54) is 21.7 Å². The number of para-hydroxylation sites is 1. The van der Waals surface area contributed by atoms with Crippen molar-refractivity contribution in [2.45, 2.75) is 33.1 Å². The molecule has 5 heteroatoms. The fraction of sp³-hybridized carbons (Fsp3) is 0.440. The second kappa shape index (κ2) is 7.88. The van der Waals surface area contributed by atoms with Crippen molar-refractivity contribution in [2.75, 3.05) is 44.2 Å². The summed E-state index contributed by atoms with van der Waals surface area (Å²) in [7, 11) is 0. The zero-order valence-corrected chi connectivity index (χ0v) is 18.4. The van der Waals surface area contributed by atoms with Crippen LogP contribution in [0.2, 0.25) is 0 Å². The van der Waals surface area contributed by atoms with Crippen LogP contribution < -0.4 is 4.90 Å². The molecule has 0 N–H and O–H groups in total. The van der Waals surface area contributed by atoms with Gasteiger partial charge in [-0.15, -0.1) is 0 Å². The third-order valence-electron chi connectivity index (χ3n) is 6.62. The molecule has 1 saturated heterocycles. The lowest BCUT2D eigenvalue weighted by Crippen LogP contribution is -2.55. The van der Waals surface area contributed by atoms with E-state index >= 15 is 0 Å². The minimum absolute atomic E-state index is 0.0969. The number of carbonyl (C=O) groups is 2. The van der Waals surface area contributed by atoms with E-state index < -0.39 is 5.41 Å². The Morgan fingerprint density at radius 2 is 1.47 bits per heavy atom. The maximum absolute atomic E-state index is 13.1. The van der Waals surface area contributed by atoms with Crippen molar-refractivity contribution in [3.05, 3.63) is 64.7 Å². The van der Waals surface area contributed by atoms with Gasteiger partial charge in [0.05, 0.1) is 5.41 Å². The molecule has 5 nitrogen and oxygen atoms in total. The topological polar surface area (TPSA) is 43.9 Å². The van der Waals surface area contributed by atoms with Crippen molar-refractivity contribution in [1.82, 2.24) is 9.80 Å². The Bertz CT molecular complexity index is 954. The average Bonchev–Trinajstić information content (AvgIpc) is 2.73. The molecule has 30 heavy (non-hydrogen) atoms. The summed E-state index contributed by atoms with van der Waals surface area (Å²) < 4.78 is 0. The third-order valence-corrected chi connectivity index (χ3v) is 6.62. The van der Waals surface area contributed by atoms with Crippen molar-refractivity contribution < 1.29 is 9.59 Å². The van der Waals surface area contributed by atoms with E-state index in [2.05, 4.69) is 41.8 Å². The molecule has 2 heterocycles. The molecule has 0 aliphatic carbocycles. The number of anilines is 1. The second-order valence-corrected chi connectivity index (χ2v) is 9.00. The van der Waals surface area contributed by atoms with Gasteiger partial charge in [-0.1, -0.05) is 36.4 Å². The zero-order chi connectivity index (χ0) is 21.5. The van der Waals surface area contributed by atoms with Crippen LogP contribution in [-0.2, 0) is 10.2 Å². The van der Waals surface area contributed by atoms with Crippen LogP contribution in [0.4, 0.5) is 5.69 Å². The van der Waals surface area contributed by atoms with Crippen LogP contribution in [0.15, 0.2) is 42.5 Å². The minimum atomic E-state index is -0.675. The lowest BCUT2D eigenvalue weighted by atomic mass is 9.77. The van der Waals surface area contributed by atoms with Gasteiger partial charge in [-0.25, -0.2) is 0 Å². The molecular formula is C25H31N3O2. The van der Waals surface area contributed by atoms with Crippen LogP contribution >= 0.6 is 0 Å². The predicted molar refractivity (Wildman–Crippen MR) is 120 cm³/mol. The van der Waals surface area contributed by atoms with Gasteiger partial charge in [-0.05, 0) is 50.5 Å². The quantitative estimate of drug-likeness (QED) is 0.732. The highest BCUT2D eigenvalue weighted by Crippen LogP contribution is 2.34. The van der Waals surface area contributed by atoms with Crippen LogP contribution in [0, 0.1) is 13.8 Å². The van der Waals surface area contributed by atoms with Crippen LogP contribution in [0.3, 0.4) is 0 Å². The van der Waals surface area contributed by atoms with Gasteiger partial charge in [0.25, 0.3) is 5.91 Å². The Kier molecular flexibility index (Phi) is 5.41. The van der Waals surface area contributed by atoms with Crippen molar-refractivity contribution in [1.29, 1.82) is 0 Å². The molecule has 2 amide bonds. The highest BCUT2D eigenvalue weighted by molar-refractivity contribution is 6.12. The average molecular weight is 406 g/mol. The molecule has 158 valence electrons. The molecule has 0 aromatic heterocycles. The number of aryl methyl sites for hydroxylation is 2. The molecule has 2 aliphatic heterocycles. The van der Waals surface area contributed by atoms with Gasteiger partial charge in [0.1, 0.15) is 0 Å². The Labute approximate surface area is 179 Å².